The molecule has 1 aliphatic heterocycles. The first-order chi connectivity index (χ1) is 10.1. The minimum Gasteiger partial charge on any atom is -0.493 e. The Bertz CT molecular complexity index is 692. The van der Waals surface area contributed by atoms with Crippen molar-refractivity contribution in [2.45, 2.75) is 26.2 Å². The van der Waals surface area contributed by atoms with Crippen LogP contribution in [-0.4, -0.2) is 12.4 Å². The second kappa shape index (κ2) is 6.02. The molecule has 1 aliphatic rings. The topological polar surface area (TPSA) is 26.3 Å². The molecule has 0 radical (unpaired) electrons. The van der Waals surface area contributed by atoms with Gasteiger partial charge in [0.15, 0.2) is 0 Å². The predicted molar refractivity (Wildman–Crippen MR) is 86.9 cm³/mol. The van der Waals surface area contributed by atoms with Crippen molar-refractivity contribution in [3.63, 3.8) is 0 Å². The summed E-state index contributed by atoms with van der Waals surface area (Å²) in [6, 6.07) is 12.2. The summed E-state index contributed by atoms with van der Waals surface area (Å²) in [6.45, 7) is 2.76. The molecule has 0 atom stereocenters. The minimum absolute atomic E-state index is 0.219. The monoisotopic (exact) mass is 344 g/mol. The largest absolute Gasteiger partial charge is 0.493 e. The lowest BCUT2D eigenvalue weighted by Gasteiger charge is -2.09. The number of benzene rings is 2. The number of carbonyl (C=O) groups is 1. The Morgan fingerprint density at radius 3 is 2.90 bits per heavy atom. The van der Waals surface area contributed by atoms with Crippen LogP contribution in [-0.2, 0) is 24.1 Å². The molecule has 0 saturated heterocycles. The number of aryl methyl sites for hydroxylation is 1. The molecule has 0 N–H and O–H groups in total. The normalized spacial score (nSPS) is 12.9. The molecule has 0 saturated carbocycles. The maximum atomic E-state index is 12.3. The van der Waals surface area contributed by atoms with Gasteiger partial charge in [-0.3, -0.25) is 4.79 Å². The van der Waals surface area contributed by atoms with Crippen molar-refractivity contribution in [1.82, 2.24) is 0 Å². The summed E-state index contributed by atoms with van der Waals surface area (Å²) in [6.07, 6.45) is 1.83. The fraction of sp³-hybridized carbons (Fsp3) is 0.278. The van der Waals surface area contributed by atoms with Gasteiger partial charge in [0.1, 0.15) is 11.5 Å². The van der Waals surface area contributed by atoms with Gasteiger partial charge in [-0.1, -0.05) is 45.8 Å². The predicted octanol–water partition coefficient (Wildman–Crippen LogP) is 4.05. The Morgan fingerprint density at radius 1 is 1.24 bits per heavy atom. The highest BCUT2D eigenvalue weighted by atomic mass is 79.9. The highest BCUT2D eigenvalue weighted by molar-refractivity contribution is 9.10. The van der Waals surface area contributed by atoms with Crippen LogP contribution in [0, 0.1) is 6.92 Å². The zero-order chi connectivity index (χ0) is 14.8. The van der Waals surface area contributed by atoms with E-state index in [1.807, 2.05) is 31.2 Å². The summed E-state index contributed by atoms with van der Waals surface area (Å²) in [4.78, 5) is 12.3. The average Bonchev–Trinajstić information content (AvgIpc) is 2.86. The Hall–Kier alpha value is -1.61. The van der Waals surface area contributed by atoms with Gasteiger partial charge in [-0.25, -0.2) is 0 Å². The molecule has 108 valence electrons. The fourth-order valence-electron chi connectivity index (χ4n) is 2.80. The van der Waals surface area contributed by atoms with Crippen molar-refractivity contribution in [1.29, 1.82) is 0 Å². The van der Waals surface area contributed by atoms with E-state index in [9.17, 15) is 4.79 Å². The molecule has 2 aromatic carbocycles. The van der Waals surface area contributed by atoms with Crippen molar-refractivity contribution < 1.29 is 9.53 Å². The lowest BCUT2D eigenvalue weighted by atomic mass is 9.99. The highest BCUT2D eigenvalue weighted by Crippen LogP contribution is 2.33. The first-order valence-electron chi connectivity index (χ1n) is 7.13. The second-order valence-corrected chi connectivity index (χ2v) is 6.45. The van der Waals surface area contributed by atoms with Gasteiger partial charge >= 0.3 is 0 Å². The number of ether oxygens (including phenoxy) is 1. The number of rotatable bonds is 4. The number of hydrogen-bond donors (Lipinski definition) is 0. The number of ketones is 1. The lowest BCUT2D eigenvalue weighted by molar-refractivity contribution is -0.117. The molecule has 1 heterocycles. The number of Topliss-reactive ketones (excluding diaryl/α,β-unsaturated/α-hetero) is 1. The third-order valence-electron chi connectivity index (χ3n) is 3.70. The van der Waals surface area contributed by atoms with Crippen molar-refractivity contribution >= 4 is 21.7 Å². The maximum Gasteiger partial charge on any atom is 0.141 e. The van der Waals surface area contributed by atoms with E-state index in [4.69, 9.17) is 4.74 Å². The third-order valence-corrected chi connectivity index (χ3v) is 4.15. The first kappa shape index (κ1) is 14.3. The van der Waals surface area contributed by atoms with Gasteiger partial charge < -0.3 is 4.74 Å². The molecule has 21 heavy (non-hydrogen) atoms. The standard InChI is InChI=1S/C18H17BrO2/c1-12-3-2-4-13(7-12)8-17(20)11-15-10-16(19)9-14-5-6-21-18(14)15/h2-4,7,9-10H,5-6,8,11H2,1H3. The van der Waals surface area contributed by atoms with Crippen LogP contribution in [0.15, 0.2) is 40.9 Å². The molecule has 0 unspecified atom stereocenters. The molecule has 0 spiro atoms. The smallest absolute Gasteiger partial charge is 0.141 e. The summed E-state index contributed by atoms with van der Waals surface area (Å²) >= 11 is 3.52. The third kappa shape index (κ3) is 3.35. The maximum absolute atomic E-state index is 12.3. The van der Waals surface area contributed by atoms with Crippen LogP contribution in [0.4, 0.5) is 0 Å². The Morgan fingerprint density at radius 2 is 2.10 bits per heavy atom. The first-order valence-corrected chi connectivity index (χ1v) is 7.92. The van der Waals surface area contributed by atoms with Crippen LogP contribution in [0.25, 0.3) is 0 Å². The molecule has 0 aliphatic carbocycles. The Kier molecular flexibility index (Phi) is 4.11. The summed E-state index contributed by atoms with van der Waals surface area (Å²) in [5.41, 5.74) is 4.46. The quantitative estimate of drug-likeness (QED) is 0.836. The summed E-state index contributed by atoms with van der Waals surface area (Å²) in [5, 5.41) is 0. The van der Waals surface area contributed by atoms with E-state index < -0.39 is 0 Å². The molecule has 3 heteroatoms. The number of halogens is 1. The molecule has 3 rings (SSSR count). The van der Waals surface area contributed by atoms with E-state index >= 15 is 0 Å². The van der Waals surface area contributed by atoms with Gasteiger partial charge in [0.25, 0.3) is 0 Å². The van der Waals surface area contributed by atoms with Gasteiger partial charge in [-0.05, 0) is 30.2 Å². The van der Waals surface area contributed by atoms with Gasteiger partial charge in [-0.15, -0.1) is 0 Å². The van der Waals surface area contributed by atoms with Crippen molar-refractivity contribution in [3.8, 4) is 5.75 Å². The molecule has 0 amide bonds. The minimum atomic E-state index is 0.219. The van der Waals surface area contributed by atoms with Crippen molar-refractivity contribution in [3.05, 3.63) is 63.1 Å². The SMILES string of the molecule is Cc1cccc(CC(=O)Cc2cc(Br)cc3c2OCC3)c1. The zero-order valence-corrected chi connectivity index (χ0v) is 13.6. The van der Waals surface area contributed by atoms with E-state index in [0.717, 1.165) is 27.8 Å². The summed E-state index contributed by atoms with van der Waals surface area (Å²) in [5.74, 6) is 1.13. The van der Waals surface area contributed by atoms with E-state index in [0.29, 0.717) is 19.4 Å². The van der Waals surface area contributed by atoms with Crippen molar-refractivity contribution in [2.75, 3.05) is 6.61 Å². The van der Waals surface area contributed by atoms with Crippen LogP contribution in [0.1, 0.15) is 22.3 Å². The lowest BCUT2D eigenvalue weighted by Crippen LogP contribution is -2.08. The fourth-order valence-corrected chi connectivity index (χ4v) is 3.35. The number of fused-ring (bicyclic) bond motifs is 1. The van der Waals surface area contributed by atoms with Crippen molar-refractivity contribution in [2.24, 2.45) is 0 Å². The molecule has 0 fully saturated rings. The van der Waals surface area contributed by atoms with Crippen LogP contribution in [0.5, 0.6) is 5.75 Å². The molecular formula is C18H17BrO2. The highest BCUT2D eigenvalue weighted by Gasteiger charge is 2.19. The second-order valence-electron chi connectivity index (χ2n) is 5.53. The Labute approximate surface area is 133 Å². The van der Waals surface area contributed by atoms with Crippen LogP contribution in [0.3, 0.4) is 0 Å². The van der Waals surface area contributed by atoms with E-state index in [1.54, 1.807) is 0 Å². The van der Waals surface area contributed by atoms with E-state index in [-0.39, 0.29) is 5.78 Å². The van der Waals surface area contributed by atoms with Gasteiger partial charge in [0, 0.05) is 29.3 Å². The summed E-state index contributed by atoms with van der Waals surface area (Å²) in [7, 11) is 0. The summed E-state index contributed by atoms with van der Waals surface area (Å²) < 4.78 is 6.70. The number of carbonyl (C=O) groups excluding carboxylic acids is 1. The molecule has 0 aromatic heterocycles. The van der Waals surface area contributed by atoms with E-state index in [1.165, 1.54) is 11.1 Å². The van der Waals surface area contributed by atoms with Crippen LogP contribution < -0.4 is 4.74 Å². The molecular weight excluding hydrogens is 328 g/mol. The zero-order valence-electron chi connectivity index (χ0n) is 12.0. The van der Waals surface area contributed by atoms with Gasteiger partial charge in [0.2, 0.25) is 0 Å². The van der Waals surface area contributed by atoms with Gasteiger partial charge in [-0.2, -0.15) is 0 Å². The Balaban J connectivity index is 1.76. The van der Waals surface area contributed by atoms with Crippen LogP contribution in [0.2, 0.25) is 0 Å². The molecule has 2 nitrogen and oxygen atoms in total. The van der Waals surface area contributed by atoms with Crippen LogP contribution >= 0.6 is 15.9 Å². The van der Waals surface area contributed by atoms with E-state index in [2.05, 4.69) is 28.1 Å². The number of hydrogen-bond acceptors (Lipinski definition) is 2. The molecule has 2 aromatic rings. The van der Waals surface area contributed by atoms with Gasteiger partial charge in [0.05, 0.1) is 6.61 Å². The molecule has 0 bridgehead atoms. The average molecular weight is 345 g/mol.